The first-order valence-electron chi connectivity index (χ1n) is 11.2. The van der Waals surface area contributed by atoms with Crippen LogP contribution >= 0.6 is 0 Å². The van der Waals surface area contributed by atoms with E-state index in [1.54, 1.807) is 59.5 Å². The lowest BCUT2D eigenvalue weighted by molar-refractivity contribution is 0.0729. The van der Waals surface area contributed by atoms with Gasteiger partial charge in [0.1, 0.15) is 11.6 Å². The lowest BCUT2D eigenvalue weighted by Crippen LogP contribution is -2.32. The maximum Gasteiger partial charge on any atom is 0.254 e. The van der Waals surface area contributed by atoms with Crippen molar-refractivity contribution in [2.45, 2.75) is 20.0 Å². The van der Waals surface area contributed by atoms with Gasteiger partial charge in [-0.05, 0) is 61.0 Å². The number of H-pyrrole nitrogens is 1. The van der Waals surface area contributed by atoms with Crippen LogP contribution in [0.4, 0.5) is 4.39 Å². The minimum absolute atomic E-state index is 0.0587. The number of halogens is 1. The molecule has 1 aliphatic heterocycles. The Bertz CT molecular complexity index is 1430. The monoisotopic (exact) mass is 474 g/mol. The number of amides is 1. The van der Waals surface area contributed by atoms with E-state index in [1.807, 2.05) is 6.92 Å². The zero-order valence-corrected chi connectivity index (χ0v) is 19.0. The fourth-order valence-electron chi connectivity index (χ4n) is 4.02. The fraction of sp³-hybridized carbons (Fsp3) is 0.185. The molecule has 0 fully saturated rings. The zero-order valence-electron chi connectivity index (χ0n) is 19.0. The van der Waals surface area contributed by atoms with Crippen LogP contribution in [0.15, 0.2) is 71.5 Å². The van der Waals surface area contributed by atoms with Crippen LogP contribution in [0, 0.1) is 5.82 Å². The van der Waals surface area contributed by atoms with Gasteiger partial charge < -0.3 is 24.1 Å². The number of pyridine rings is 1. The Kier molecular flexibility index (Phi) is 6.10. The van der Waals surface area contributed by atoms with Crippen molar-refractivity contribution in [2.75, 3.05) is 13.4 Å². The van der Waals surface area contributed by atoms with Gasteiger partial charge in [-0.15, -0.1) is 0 Å². The quantitative estimate of drug-likeness (QED) is 0.422. The Balaban J connectivity index is 1.48. The molecule has 1 aromatic heterocycles. The van der Waals surface area contributed by atoms with Crippen LogP contribution in [0.5, 0.6) is 17.2 Å². The second kappa shape index (κ2) is 9.50. The summed E-state index contributed by atoms with van der Waals surface area (Å²) >= 11 is 0. The van der Waals surface area contributed by atoms with Gasteiger partial charge in [0, 0.05) is 29.1 Å². The van der Waals surface area contributed by atoms with Gasteiger partial charge in [0.25, 0.3) is 11.5 Å². The molecule has 178 valence electrons. The normalized spacial score (nSPS) is 12.1. The molecule has 0 saturated carbocycles. The second-order valence-corrected chi connectivity index (χ2v) is 8.16. The summed E-state index contributed by atoms with van der Waals surface area (Å²) in [6.45, 7) is 2.80. The largest absolute Gasteiger partial charge is 0.494 e. The highest BCUT2D eigenvalue weighted by Gasteiger charge is 2.20. The molecule has 5 rings (SSSR count). The van der Waals surface area contributed by atoms with Crippen molar-refractivity contribution in [3.05, 3.63) is 99.6 Å². The van der Waals surface area contributed by atoms with Crippen LogP contribution in [0.3, 0.4) is 0 Å². The number of nitrogens with one attached hydrogen (secondary N) is 1. The Morgan fingerprint density at radius 2 is 1.71 bits per heavy atom. The maximum absolute atomic E-state index is 13.5. The van der Waals surface area contributed by atoms with E-state index in [0.29, 0.717) is 40.5 Å². The number of rotatable bonds is 7. The van der Waals surface area contributed by atoms with E-state index < -0.39 is 0 Å². The predicted octanol–water partition coefficient (Wildman–Crippen LogP) is 4.64. The summed E-state index contributed by atoms with van der Waals surface area (Å²) < 4.78 is 29.7. The number of aromatic nitrogens is 1. The van der Waals surface area contributed by atoms with E-state index in [2.05, 4.69) is 4.98 Å². The maximum atomic E-state index is 13.5. The van der Waals surface area contributed by atoms with Crippen molar-refractivity contribution in [3.8, 4) is 17.2 Å². The van der Waals surface area contributed by atoms with E-state index in [9.17, 15) is 14.0 Å². The molecule has 0 radical (unpaired) electrons. The van der Waals surface area contributed by atoms with E-state index in [4.69, 9.17) is 14.2 Å². The number of fused-ring (bicyclic) bond motifs is 2. The molecule has 0 aliphatic carbocycles. The van der Waals surface area contributed by atoms with Crippen molar-refractivity contribution >= 4 is 16.8 Å². The highest BCUT2D eigenvalue weighted by molar-refractivity contribution is 5.94. The van der Waals surface area contributed by atoms with Crippen molar-refractivity contribution in [3.63, 3.8) is 0 Å². The van der Waals surface area contributed by atoms with Gasteiger partial charge in [0.05, 0.1) is 18.7 Å². The SMILES string of the molecule is CCOc1ccc(C(=O)N(Cc2ccc(F)cc2)Cc2cc3cc4c(cc3[nH]c2=O)OCO4)cc1. The molecule has 0 bridgehead atoms. The number of carbonyl (C=O) groups excluding carboxylic acids is 1. The highest BCUT2D eigenvalue weighted by atomic mass is 19.1. The van der Waals surface area contributed by atoms with Gasteiger partial charge in [-0.2, -0.15) is 0 Å². The van der Waals surface area contributed by atoms with Gasteiger partial charge in [-0.3, -0.25) is 9.59 Å². The molecule has 0 spiro atoms. The summed E-state index contributed by atoms with van der Waals surface area (Å²) in [5.41, 5.74) is 1.92. The zero-order chi connectivity index (χ0) is 24.4. The van der Waals surface area contributed by atoms with Crippen molar-refractivity contribution in [1.29, 1.82) is 0 Å². The lowest BCUT2D eigenvalue weighted by Gasteiger charge is -2.23. The summed E-state index contributed by atoms with van der Waals surface area (Å²) in [6, 6.07) is 18.1. The van der Waals surface area contributed by atoms with Gasteiger partial charge in [-0.1, -0.05) is 12.1 Å². The van der Waals surface area contributed by atoms with E-state index in [0.717, 1.165) is 10.9 Å². The third kappa shape index (κ3) is 4.82. The number of benzene rings is 3. The lowest BCUT2D eigenvalue weighted by atomic mass is 10.1. The third-order valence-electron chi connectivity index (χ3n) is 5.76. The molecule has 3 aromatic carbocycles. The van der Waals surface area contributed by atoms with Crippen LogP contribution < -0.4 is 19.8 Å². The first-order chi connectivity index (χ1) is 17.0. The topological polar surface area (TPSA) is 80.9 Å². The summed E-state index contributed by atoms with van der Waals surface area (Å²) in [7, 11) is 0. The van der Waals surface area contributed by atoms with Crippen molar-refractivity contribution < 1.29 is 23.4 Å². The molecule has 7 nitrogen and oxygen atoms in total. The molecule has 0 saturated heterocycles. The van der Waals surface area contributed by atoms with Crippen molar-refractivity contribution in [2.24, 2.45) is 0 Å². The van der Waals surface area contributed by atoms with Gasteiger partial charge in [0.2, 0.25) is 6.79 Å². The Morgan fingerprint density at radius 1 is 1.00 bits per heavy atom. The average molecular weight is 474 g/mol. The second-order valence-electron chi connectivity index (χ2n) is 8.16. The number of nitrogens with zero attached hydrogens (tertiary/aromatic N) is 1. The highest BCUT2D eigenvalue weighted by Crippen LogP contribution is 2.35. The first kappa shape index (κ1) is 22.5. The van der Waals surface area contributed by atoms with Crippen LogP contribution in [0.1, 0.15) is 28.4 Å². The predicted molar refractivity (Wildman–Crippen MR) is 128 cm³/mol. The Labute approximate surface area is 200 Å². The minimum atomic E-state index is -0.358. The molecule has 1 amide bonds. The average Bonchev–Trinajstić information content (AvgIpc) is 3.31. The molecule has 1 aliphatic rings. The first-order valence-corrected chi connectivity index (χ1v) is 11.2. The van der Waals surface area contributed by atoms with Gasteiger partial charge >= 0.3 is 0 Å². The molecule has 35 heavy (non-hydrogen) atoms. The Morgan fingerprint density at radius 3 is 2.43 bits per heavy atom. The van der Waals surface area contributed by atoms with Gasteiger partial charge in [0.15, 0.2) is 11.5 Å². The molecule has 2 heterocycles. The van der Waals surface area contributed by atoms with Crippen molar-refractivity contribution in [1.82, 2.24) is 9.88 Å². The standard InChI is InChI=1S/C27H23FN2O5/c1-2-33-22-9-5-18(6-10-22)27(32)30(14-17-3-7-21(28)8-4-17)15-20-11-19-12-24-25(35-16-34-24)13-23(19)29-26(20)31/h3-13H,2,14-16H2,1H3,(H,29,31). The molecule has 8 heteroatoms. The molecular formula is C27H23FN2O5. The summed E-state index contributed by atoms with van der Waals surface area (Å²) in [5.74, 6) is 1.22. The van der Waals surface area contributed by atoms with Crippen LogP contribution in [0.25, 0.3) is 10.9 Å². The molecule has 4 aromatic rings. The number of ether oxygens (including phenoxy) is 3. The fourth-order valence-corrected chi connectivity index (χ4v) is 4.02. The van der Waals surface area contributed by atoms with Gasteiger partial charge in [-0.25, -0.2) is 4.39 Å². The smallest absolute Gasteiger partial charge is 0.254 e. The van der Waals surface area contributed by atoms with E-state index >= 15 is 0 Å². The number of carbonyl (C=O) groups is 1. The molecule has 1 N–H and O–H groups in total. The van der Waals surface area contributed by atoms with Crippen LogP contribution in [-0.4, -0.2) is 29.2 Å². The summed E-state index contributed by atoms with van der Waals surface area (Å²) in [5, 5.41) is 0.763. The van der Waals surface area contributed by atoms with E-state index in [-0.39, 0.29) is 37.2 Å². The molecular weight excluding hydrogens is 451 g/mol. The number of aromatic amines is 1. The van der Waals surface area contributed by atoms with E-state index in [1.165, 1.54) is 12.1 Å². The number of hydrogen-bond acceptors (Lipinski definition) is 5. The molecule has 0 atom stereocenters. The third-order valence-corrected chi connectivity index (χ3v) is 5.76. The minimum Gasteiger partial charge on any atom is -0.494 e. The van der Waals surface area contributed by atoms with Crippen LogP contribution in [-0.2, 0) is 13.1 Å². The molecule has 0 unspecified atom stereocenters. The van der Waals surface area contributed by atoms with Crippen LogP contribution in [0.2, 0.25) is 0 Å². The Hall–Kier alpha value is -4.33. The summed E-state index contributed by atoms with van der Waals surface area (Å²) in [4.78, 5) is 30.8. The number of hydrogen-bond donors (Lipinski definition) is 1. The summed E-state index contributed by atoms with van der Waals surface area (Å²) in [6.07, 6.45) is 0.